The average Bonchev–Trinajstić information content (AvgIpc) is 2.61. The van der Waals surface area contributed by atoms with Gasteiger partial charge >= 0.3 is 0 Å². The minimum atomic E-state index is 0.619. The lowest BCUT2D eigenvalue weighted by Crippen LogP contribution is -2.17. The molecule has 0 amide bonds. The number of likely N-dealkylation sites (N-methyl/N-ethyl adjacent to an activating group) is 1. The van der Waals surface area contributed by atoms with Gasteiger partial charge in [-0.25, -0.2) is 4.98 Å². The van der Waals surface area contributed by atoms with Crippen LogP contribution in [0.15, 0.2) is 5.38 Å². The standard InChI is InChI=1S/C10H19N3OS/c1-11-6-10-12-9(8-15-10)7-14-5-4-13(2)3/h8,11H,4-7H2,1-3H3. The summed E-state index contributed by atoms with van der Waals surface area (Å²) < 4.78 is 5.50. The summed E-state index contributed by atoms with van der Waals surface area (Å²) in [6.07, 6.45) is 0. The predicted octanol–water partition coefficient (Wildman–Crippen LogP) is 0.941. The van der Waals surface area contributed by atoms with Crippen LogP contribution in [0.2, 0.25) is 0 Å². The third-order valence-corrected chi connectivity index (χ3v) is 2.76. The Balaban J connectivity index is 2.19. The van der Waals surface area contributed by atoms with Crippen molar-refractivity contribution in [3.8, 4) is 0 Å². The summed E-state index contributed by atoms with van der Waals surface area (Å²) in [5, 5.41) is 6.25. The van der Waals surface area contributed by atoms with Crippen molar-refractivity contribution in [2.75, 3.05) is 34.3 Å². The predicted molar refractivity (Wildman–Crippen MR) is 63.1 cm³/mol. The maximum absolute atomic E-state index is 5.50. The van der Waals surface area contributed by atoms with E-state index in [1.807, 2.05) is 21.1 Å². The van der Waals surface area contributed by atoms with Gasteiger partial charge < -0.3 is 15.0 Å². The fourth-order valence-corrected chi connectivity index (χ4v) is 1.86. The van der Waals surface area contributed by atoms with E-state index in [1.54, 1.807) is 11.3 Å². The van der Waals surface area contributed by atoms with Gasteiger partial charge in [-0.05, 0) is 21.1 Å². The van der Waals surface area contributed by atoms with Crippen molar-refractivity contribution < 1.29 is 4.74 Å². The van der Waals surface area contributed by atoms with Crippen LogP contribution in [0.5, 0.6) is 0 Å². The Labute approximate surface area is 95.3 Å². The summed E-state index contributed by atoms with van der Waals surface area (Å²) in [5.41, 5.74) is 1.03. The number of aromatic nitrogens is 1. The number of thiazole rings is 1. The van der Waals surface area contributed by atoms with E-state index >= 15 is 0 Å². The van der Waals surface area contributed by atoms with Crippen LogP contribution in [0, 0.1) is 0 Å². The molecule has 0 aliphatic rings. The lowest BCUT2D eigenvalue weighted by molar-refractivity contribution is 0.103. The zero-order valence-electron chi connectivity index (χ0n) is 9.62. The molecule has 15 heavy (non-hydrogen) atoms. The Bertz CT molecular complexity index is 275. The zero-order chi connectivity index (χ0) is 11.1. The molecule has 0 aliphatic heterocycles. The molecule has 86 valence electrons. The molecule has 0 unspecified atom stereocenters. The fourth-order valence-electron chi connectivity index (χ4n) is 1.07. The molecule has 0 atom stereocenters. The van der Waals surface area contributed by atoms with Gasteiger partial charge in [0.2, 0.25) is 0 Å². The molecule has 0 saturated carbocycles. The molecule has 0 aliphatic carbocycles. The second-order valence-electron chi connectivity index (χ2n) is 3.62. The van der Waals surface area contributed by atoms with E-state index in [-0.39, 0.29) is 0 Å². The molecule has 4 nitrogen and oxygen atoms in total. The summed E-state index contributed by atoms with van der Waals surface area (Å²) in [6, 6.07) is 0. The molecule has 1 heterocycles. The van der Waals surface area contributed by atoms with Gasteiger partial charge in [-0.3, -0.25) is 0 Å². The quantitative estimate of drug-likeness (QED) is 0.706. The van der Waals surface area contributed by atoms with Crippen LogP contribution in [-0.2, 0) is 17.9 Å². The second-order valence-corrected chi connectivity index (χ2v) is 4.56. The van der Waals surface area contributed by atoms with Gasteiger partial charge in [0, 0.05) is 18.5 Å². The van der Waals surface area contributed by atoms with Gasteiger partial charge in [0.1, 0.15) is 5.01 Å². The maximum Gasteiger partial charge on any atom is 0.107 e. The van der Waals surface area contributed by atoms with Gasteiger partial charge in [0.05, 0.1) is 18.9 Å². The molecule has 0 radical (unpaired) electrons. The summed E-state index contributed by atoms with van der Waals surface area (Å²) >= 11 is 1.67. The first-order chi connectivity index (χ1) is 7.22. The van der Waals surface area contributed by atoms with E-state index < -0.39 is 0 Å². The molecule has 0 saturated heterocycles. The molecular formula is C10H19N3OS. The van der Waals surface area contributed by atoms with Crippen molar-refractivity contribution in [1.29, 1.82) is 0 Å². The highest BCUT2D eigenvalue weighted by Crippen LogP contribution is 2.10. The van der Waals surface area contributed by atoms with Crippen LogP contribution in [0.1, 0.15) is 10.7 Å². The van der Waals surface area contributed by atoms with E-state index in [0.29, 0.717) is 6.61 Å². The van der Waals surface area contributed by atoms with Crippen LogP contribution in [-0.4, -0.2) is 44.2 Å². The molecule has 0 fully saturated rings. The average molecular weight is 229 g/mol. The van der Waals surface area contributed by atoms with Crippen LogP contribution in [0.25, 0.3) is 0 Å². The first kappa shape index (κ1) is 12.6. The van der Waals surface area contributed by atoms with E-state index in [2.05, 4.69) is 20.6 Å². The number of nitrogens with one attached hydrogen (secondary N) is 1. The second kappa shape index (κ2) is 6.90. The number of ether oxygens (including phenoxy) is 1. The van der Waals surface area contributed by atoms with Gasteiger partial charge in [0.15, 0.2) is 0 Å². The van der Waals surface area contributed by atoms with E-state index in [4.69, 9.17) is 4.74 Å². The summed E-state index contributed by atoms with van der Waals surface area (Å²) in [5.74, 6) is 0. The van der Waals surface area contributed by atoms with Crippen LogP contribution in [0.4, 0.5) is 0 Å². The number of nitrogens with zero attached hydrogens (tertiary/aromatic N) is 2. The molecular weight excluding hydrogens is 210 g/mol. The van der Waals surface area contributed by atoms with Crippen molar-refractivity contribution in [1.82, 2.24) is 15.2 Å². The first-order valence-corrected chi connectivity index (χ1v) is 5.90. The Hall–Kier alpha value is -0.490. The summed E-state index contributed by atoms with van der Waals surface area (Å²) in [7, 11) is 6.00. The molecule has 1 N–H and O–H groups in total. The third-order valence-electron chi connectivity index (χ3n) is 1.86. The lowest BCUT2D eigenvalue weighted by Gasteiger charge is -2.08. The monoisotopic (exact) mass is 229 g/mol. The van der Waals surface area contributed by atoms with Crippen molar-refractivity contribution in [2.24, 2.45) is 0 Å². The zero-order valence-corrected chi connectivity index (χ0v) is 10.4. The lowest BCUT2D eigenvalue weighted by atomic mass is 10.5. The normalized spacial score (nSPS) is 11.2. The Morgan fingerprint density at radius 1 is 1.53 bits per heavy atom. The van der Waals surface area contributed by atoms with Crippen molar-refractivity contribution >= 4 is 11.3 Å². The number of hydrogen-bond acceptors (Lipinski definition) is 5. The van der Waals surface area contributed by atoms with E-state index in [0.717, 1.165) is 30.4 Å². The van der Waals surface area contributed by atoms with E-state index in [1.165, 1.54) is 0 Å². The van der Waals surface area contributed by atoms with E-state index in [9.17, 15) is 0 Å². The van der Waals surface area contributed by atoms with Crippen LogP contribution < -0.4 is 5.32 Å². The maximum atomic E-state index is 5.50. The summed E-state index contributed by atoms with van der Waals surface area (Å²) in [4.78, 5) is 6.54. The number of hydrogen-bond donors (Lipinski definition) is 1. The molecule has 5 heteroatoms. The molecule has 1 aromatic rings. The molecule has 0 aromatic carbocycles. The SMILES string of the molecule is CNCc1nc(COCCN(C)C)cs1. The third kappa shape index (κ3) is 5.22. The smallest absolute Gasteiger partial charge is 0.107 e. The largest absolute Gasteiger partial charge is 0.374 e. The highest BCUT2D eigenvalue weighted by atomic mass is 32.1. The van der Waals surface area contributed by atoms with Crippen molar-refractivity contribution in [3.05, 3.63) is 16.1 Å². The Morgan fingerprint density at radius 3 is 3.00 bits per heavy atom. The van der Waals surface area contributed by atoms with Gasteiger partial charge in [-0.2, -0.15) is 0 Å². The van der Waals surface area contributed by atoms with Gasteiger partial charge in [-0.15, -0.1) is 11.3 Å². The van der Waals surface area contributed by atoms with Gasteiger partial charge in [0.25, 0.3) is 0 Å². The minimum absolute atomic E-state index is 0.619. The Kier molecular flexibility index (Phi) is 5.78. The van der Waals surface area contributed by atoms with Crippen LogP contribution >= 0.6 is 11.3 Å². The van der Waals surface area contributed by atoms with Crippen molar-refractivity contribution in [2.45, 2.75) is 13.2 Å². The van der Waals surface area contributed by atoms with Crippen LogP contribution in [0.3, 0.4) is 0 Å². The molecule has 0 bridgehead atoms. The topological polar surface area (TPSA) is 37.4 Å². The molecule has 1 aromatic heterocycles. The number of rotatable bonds is 7. The highest BCUT2D eigenvalue weighted by molar-refractivity contribution is 7.09. The molecule has 1 rings (SSSR count). The Morgan fingerprint density at radius 2 is 2.33 bits per heavy atom. The fraction of sp³-hybridized carbons (Fsp3) is 0.700. The first-order valence-electron chi connectivity index (χ1n) is 5.02. The minimum Gasteiger partial charge on any atom is -0.374 e. The summed E-state index contributed by atoms with van der Waals surface area (Å²) in [6.45, 7) is 3.16. The highest BCUT2D eigenvalue weighted by Gasteiger charge is 2.01. The van der Waals surface area contributed by atoms with Gasteiger partial charge in [-0.1, -0.05) is 0 Å². The van der Waals surface area contributed by atoms with Crippen molar-refractivity contribution in [3.63, 3.8) is 0 Å². The molecule has 0 spiro atoms.